The first kappa shape index (κ1) is 9.58. The van der Waals surface area contributed by atoms with E-state index in [1.807, 2.05) is 6.20 Å². The minimum Gasteiger partial charge on any atom is -0.316 e. The van der Waals surface area contributed by atoms with Crippen molar-refractivity contribution in [3.8, 4) is 0 Å². The van der Waals surface area contributed by atoms with Crippen molar-refractivity contribution in [3.05, 3.63) is 18.0 Å². The molecule has 1 aromatic heterocycles. The van der Waals surface area contributed by atoms with Crippen molar-refractivity contribution in [2.24, 2.45) is 13.0 Å². The van der Waals surface area contributed by atoms with Gasteiger partial charge < -0.3 is 5.32 Å². The molecule has 0 aromatic carbocycles. The number of halogens is 2. The summed E-state index contributed by atoms with van der Waals surface area (Å²) in [5.74, 6) is -0.664. The molecule has 0 spiro atoms. The largest absolute Gasteiger partial charge is 0.316 e. The van der Waals surface area contributed by atoms with Crippen molar-refractivity contribution in [1.29, 1.82) is 0 Å². The highest BCUT2D eigenvalue weighted by Gasteiger charge is 2.35. The molecule has 0 amide bonds. The number of hydrogen-bond donors (Lipinski definition) is 1. The van der Waals surface area contributed by atoms with Crippen LogP contribution in [0, 0.1) is 5.92 Å². The van der Waals surface area contributed by atoms with Gasteiger partial charge in [0, 0.05) is 38.2 Å². The molecule has 1 aliphatic heterocycles. The second-order valence-electron chi connectivity index (χ2n) is 3.71. The zero-order valence-corrected chi connectivity index (χ0v) is 7.95. The molecule has 1 fully saturated rings. The van der Waals surface area contributed by atoms with Crippen molar-refractivity contribution in [3.63, 3.8) is 0 Å². The number of nitrogens with zero attached hydrogens (tertiary/aromatic N) is 2. The molecular weight excluding hydrogens is 188 g/mol. The molecule has 2 rings (SSSR count). The van der Waals surface area contributed by atoms with Crippen LogP contribution in [-0.4, -0.2) is 29.3 Å². The molecule has 5 heteroatoms. The van der Waals surface area contributed by atoms with E-state index in [9.17, 15) is 8.78 Å². The van der Waals surface area contributed by atoms with Gasteiger partial charge in [-0.25, -0.2) is 8.78 Å². The monoisotopic (exact) mass is 201 g/mol. The second kappa shape index (κ2) is 3.65. The van der Waals surface area contributed by atoms with Crippen LogP contribution in [-0.2, 0) is 7.05 Å². The first-order valence-corrected chi connectivity index (χ1v) is 4.66. The van der Waals surface area contributed by atoms with Gasteiger partial charge in [-0.15, -0.1) is 0 Å². The molecule has 78 valence electrons. The van der Waals surface area contributed by atoms with Crippen molar-refractivity contribution in [2.45, 2.75) is 12.3 Å². The van der Waals surface area contributed by atoms with Crippen LogP contribution in [0.25, 0.3) is 0 Å². The Morgan fingerprint density at radius 2 is 2.36 bits per heavy atom. The molecule has 1 N–H and O–H groups in total. The van der Waals surface area contributed by atoms with E-state index in [4.69, 9.17) is 0 Å². The fraction of sp³-hybridized carbons (Fsp3) is 0.667. The van der Waals surface area contributed by atoms with E-state index in [-0.39, 0.29) is 5.92 Å². The van der Waals surface area contributed by atoms with Gasteiger partial charge in [0.05, 0.1) is 6.20 Å². The lowest BCUT2D eigenvalue weighted by Crippen LogP contribution is -2.19. The Kier molecular flexibility index (Phi) is 2.50. The van der Waals surface area contributed by atoms with E-state index in [0.29, 0.717) is 13.1 Å². The molecule has 0 radical (unpaired) electrons. The second-order valence-corrected chi connectivity index (χ2v) is 3.71. The summed E-state index contributed by atoms with van der Waals surface area (Å²) in [6.07, 6.45) is 1.23. The fourth-order valence-electron chi connectivity index (χ4n) is 1.96. The lowest BCUT2D eigenvalue weighted by molar-refractivity contribution is 0.0787. The van der Waals surface area contributed by atoms with Crippen LogP contribution in [0.1, 0.15) is 11.5 Å². The first-order chi connectivity index (χ1) is 6.68. The average Bonchev–Trinajstić information content (AvgIpc) is 2.70. The number of alkyl halides is 2. The van der Waals surface area contributed by atoms with E-state index in [1.165, 1.54) is 0 Å². The third kappa shape index (κ3) is 1.64. The van der Waals surface area contributed by atoms with Gasteiger partial charge in [-0.05, 0) is 5.56 Å². The maximum Gasteiger partial charge on any atom is 0.243 e. The SMILES string of the molecule is Cn1cc(C2CNCC2C(F)F)cn1. The molecule has 0 bridgehead atoms. The highest BCUT2D eigenvalue weighted by molar-refractivity contribution is 5.16. The average molecular weight is 201 g/mol. The number of nitrogens with one attached hydrogen (secondary N) is 1. The summed E-state index contributed by atoms with van der Waals surface area (Å²) in [5.41, 5.74) is 0.905. The Balaban J connectivity index is 2.17. The number of rotatable bonds is 2. The maximum absolute atomic E-state index is 12.6. The van der Waals surface area contributed by atoms with Crippen LogP contribution in [0.15, 0.2) is 12.4 Å². The molecule has 1 saturated heterocycles. The summed E-state index contributed by atoms with van der Waals surface area (Å²) in [4.78, 5) is 0. The molecule has 2 unspecified atom stereocenters. The van der Waals surface area contributed by atoms with Crippen LogP contribution in [0.5, 0.6) is 0 Å². The van der Waals surface area contributed by atoms with Crippen LogP contribution in [0.2, 0.25) is 0 Å². The lowest BCUT2D eigenvalue weighted by atomic mass is 9.91. The van der Waals surface area contributed by atoms with Crippen LogP contribution in [0.4, 0.5) is 8.78 Å². The highest BCUT2D eigenvalue weighted by Crippen LogP contribution is 2.31. The Labute approximate surface area is 81.1 Å². The third-order valence-corrected chi connectivity index (χ3v) is 2.74. The lowest BCUT2D eigenvalue weighted by Gasteiger charge is -2.15. The van der Waals surface area contributed by atoms with Gasteiger partial charge in [-0.2, -0.15) is 5.10 Å². The molecule has 1 aliphatic rings. The molecule has 2 heterocycles. The zero-order valence-electron chi connectivity index (χ0n) is 7.95. The molecular formula is C9H13F2N3. The minimum atomic E-state index is -2.25. The Hall–Kier alpha value is -0.970. The number of aryl methyl sites for hydroxylation is 1. The molecule has 0 aliphatic carbocycles. The van der Waals surface area contributed by atoms with Gasteiger partial charge in [-0.3, -0.25) is 4.68 Å². The van der Waals surface area contributed by atoms with E-state index in [1.54, 1.807) is 17.9 Å². The highest BCUT2D eigenvalue weighted by atomic mass is 19.3. The zero-order chi connectivity index (χ0) is 10.1. The Morgan fingerprint density at radius 3 is 2.93 bits per heavy atom. The summed E-state index contributed by atoms with van der Waals surface area (Å²) in [6.45, 7) is 1.03. The van der Waals surface area contributed by atoms with Crippen LogP contribution >= 0.6 is 0 Å². The standard InChI is InChI=1S/C9H13F2N3/c1-14-5-6(2-13-14)7-3-12-4-8(7)9(10)11/h2,5,7-9,12H,3-4H2,1H3. The quantitative estimate of drug-likeness (QED) is 0.773. The normalized spacial score (nSPS) is 27.4. The van der Waals surface area contributed by atoms with E-state index >= 15 is 0 Å². The molecule has 3 nitrogen and oxygen atoms in total. The smallest absolute Gasteiger partial charge is 0.243 e. The van der Waals surface area contributed by atoms with Gasteiger partial charge in [0.1, 0.15) is 0 Å². The van der Waals surface area contributed by atoms with E-state index < -0.39 is 12.3 Å². The summed E-state index contributed by atoms with van der Waals surface area (Å²) < 4.78 is 26.9. The third-order valence-electron chi connectivity index (χ3n) is 2.74. The number of aromatic nitrogens is 2. The van der Waals surface area contributed by atoms with Gasteiger partial charge >= 0.3 is 0 Å². The summed E-state index contributed by atoms with van der Waals surface area (Å²) in [7, 11) is 1.79. The molecule has 0 saturated carbocycles. The van der Waals surface area contributed by atoms with Gasteiger partial charge in [0.2, 0.25) is 6.43 Å². The van der Waals surface area contributed by atoms with Crippen molar-refractivity contribution < 1.29 is 8.78 Å². The maximum atomic E-state index is 12.6. The van der Waals surface area contributed by atoms with Gasteiger partial charge in [0.15, 0.2) is 0 Å². The Bertz CT molecular complexity index is 311. The molecule has 14 heavy (non-hydrogen) atoms. The Morgan fingerprint density at radius 1 is 1.57 bits per heavy atom. The van der Waals surface area contributed by atoms with Crippen molar-refractivity contribution >= 4 is 0 Å². The minimum absolute atomic E-state index is 0.0938. The predicted octanol–water partition coefficient (Wildman–Crippen LogP) is 0.988. The molecule has 2 atom stereocenters. The van der Waals surface area contributed by atoms with Crippen LogP contribution in [0.3, 0.4) is 0 Å². The predicted molar refractivity (Wildman–Crippen MR) is 48.3 cm³/mol. The molecule has 1 aromatic rings. The van der Waals surface area contributed by atoms with Crippen LogP contribution < -0.4 is 5.32 Å². The first-order valence-electron chi connectivity index (χ1n) is 4.66. The summed E-state index contributed by atoms with van der Waals surface area (Å²) in [5, 5.41) is 6.99. The summed E-state index contributed by atoms with van der Waals surface area (Å²) in [6, 6.07) is 0. The topological polar surface area (TPSA) is 29.9 Å². The fourth-order valence-corrected chi connectivity index (χ4v) is 1.96. The van der Waals surface area contributed by atoms with E-state index in [0.717, 1.165) is 5.56 Å². The number of hydrogen-bond acceptors (Lipinski definition) is 2. The van der Waals surface area contributed by atoms with Crippen molar-refractivity contribution in [1.82, 2.24) is 15.1 Å². The summed E-state index contributed by atoms with van der Waals surface area (Å²) >= 11 is 0. The van der Waals surface area contributed by atoms with Crippen molar-refractivity contribution in [2.75, 3.05) is 13.1 Å². The van der Waals surface area contributed by atoms with E-state index in [2.05, 4.69) is 10.4 Å². The van der Waals surface area contributed by atoms with Gasteiger partial charge in [0.25, 0.3) is 0 Å². The van der Waals surface area contributed by atoms with Gasteiger partial charge in [-0.1, -0.05) is 0 Å².